The van der Waals surface area contributed by atoms with Crippen LogP contribution < -0.4 is 5.32 Å². The number of urea groups is 1. The van der Waals surface area contributed by atoms with Crippen LogP contribution in [0.5, 0.6) is 0 Å². The average molecular weight is 283 g/mol. The molecule has 0 fully saturated rings. The lowest BCUT2D eigenvalue weighted by atomic mass is 10.2. The van der Waals surface area contributed by atoms with E-state index in [9.17, 15) is 9.59 Å². The molecule has 1 unspecified atom stereocenters. The molecule has 8 heteroatoms. The highest BCUT2D eigenvalue weighted by atomic mass is 16.4. The maximum Gasteiger partial charge on any atom is 0.358 e. The zero-order valence-electron chi connectivity index (χ0n) is 12.0. The molecule has 0 saturated heterocycles. The summed E-state index contributed by atoms with van der Waals surface area (Å²) < 4.78 is 1.39. The molecule has 8 nitrogen and oxygen atoms in total. The quantitative estimate of drug-likeness (QED) is 0.771. The van der Waals surface area contributed by atoms with Gasteiger partial charge in [-0.15, -0.1) is 5.10 Å². The Morgan fingerprint density at radius 2 is 2.25 bits per heavy atom. The van der Waals surface area contributed by atoms with Crippen LogP contribution in [0.1, 0.15) is 37.2 Å². The Bertz CT molecular complexity index is 460. The molecule has 1 aromatic heterocycles. The van der Waals surface area contributed by atoms with Gasteiger partial charge in [0, 0.05) is 19.6 Å². The lowest BCUT2D eigenvalue weighted by Crippen LogP contribution is -2.43. The first-order valence-corrected chi connectivity index (χ1v) is 6.59. The first-order valence-electron chi connectivity index (χ1n) is 6.59. The highest BCUT2D eigenvalue weighted by Crippen LogP contribution is 2.03. The van der Waals surface area contributed by atoms with E-state index >= 15 is 0 Å². The molecular weight excluding hydrogens is 262 g/mol. The fraction of sp³-hybridized carbons (Fsp3) is 0.667. The molecule has 0 bridgehead atoms. The summed E-state index contributed by atoms with van der Waals surface area (Å²) in [5, 5.41) is 18.6. The van der Waals surface area contributed by atoms with Gasteiger partial charge in [0.25, 0.3) is 0 Å². The highest BCUT2D eigenvalue weighted by molar-refractivity contribution is 5.84. The number of carboxylic acids is 1. The van der Waals surface area contributed by atoms with Gasteiger partial charge in [-0.3, -0.25) is 0 Å². The lowest BCUT2D eigenvalue weighted by molar-refractivity contribution is 0.0690. The van der Waals surface area contributed by atoms with Gasteiger partial charge in [-0.1, -0.05) is 18.6 Å². The number of nitrogens with one attached hydrogen (secondary N) is 1. The zero-order valence-corrected chi connectivity index (χ0v) is 12.0. The van der Waals surface area contributed by atoms with Gasteiger partial charge in [0.15, 0.2) is 5.69 Å². The van der Waals surface area contributed by atoms with Crippen LogP contribution in [-0.4, -0.2) is 56.6 Å². The van der Waals surface area contributed by atoms with Crippen molar-refractivity contribution in [3.63, 3.8) is 0 Å². The van der Waals surface area contributed by atoms with E-state index < -0.39 is 5.97 Å². The molecule has 1 heterocycles. The van der Waals surface area contributed by atoms with E-state index in [-0.39, 0.29) is 17.8 Å². The Labute approximate surface area is 117 Å². The number of aromatic carboxylic acids is 1. The second-order valence-electron chi connectivity index (χ2n) is 4.65. The molecule has 0 aromatic carbocycles. The molecule has 0 aliphatic rings. The number of aromatic nitrogens is 3. The highest BCUT2D eigenvalue weighted by Gasteiger charge is 2.14. The topological polar surface area (TPSA) is 100 Å². The van der Waals surface area contributed by atoms with Crippen LogP contribution in [0.25, 0.3) is 0 Å². The number of nitrogens with zero attached hydrogens (tertiary/aromatic N) is 4. The number of carboxylic acid groups (broad SMARTS) is 1. The van der Waals surface area contributed by atoms with E-state index in [1.54, 1.807) is 11.9 Å². The summed E-state index contributed by atoms with van der Waals surface area (Å²) in [4.78, 5) is 24.1. The summed E-state index contributed by atoms with van der Waals surface area (Å²) in [5.41, 5.74) is -0.106. The average Bonchev–Trinajstić information content (AvgIpc) is 2.87. The molecule has 1 aromatic rings. The first kappa shape index (κ1) is 15.9. The first-order chi connectivity index (χ1) is 9.45. The number of rotatable bonds is 7. The number of carbonyl (C=O) groups is 2. The Morgan fingerprint density at radius 3 is 2.80 bits per heavy atom. The van der Waals surface area contributed by atoms with Crippen molar-refractivity contribution in [3.8, 4) is 0 Å². The molecule has 0 saturated carbocycles. The maximum absolute atomic E-state index is 11.8. The second-order valence-corrected chi connectivity index (χ2v) is 4.65. The molecule has 2 N–H and O–H groups in total. The van der Waals surface area contributed by atoms with Gasteiger partial charge in [-0.05, 0) is 13.3 Å². The molecule has 20 heavy (non-hydrogen) atoms. The van der Waals surface area contributed by atoms with Crippen molar-refractivity contribution >= 4 is 12.0 Å². The summed E-state index contributed by atoms with van der Waals surface area (Å²) in [6.45, 7) is 4.82. The summed E-state index contributed by atoms with van der Waals surface area (Å²) in [7, 11) is 1.76. The van der Waals surface area contributed by atoms with Gasteiger partial charge in [-0.2, -0.15) is 0 Å². The fourth-order valence-electron chi connectivity index (χ4n) is 1.72. The summed E-state index contributed by atoms with van der Waals surface area (Å²) in [5.74, 6) is -1.12. The molecular formula is C12H21N5O3. The largest absolute Gasteiger partial charge is 0.476 e. The predicted octanol–water partition coefficient (Wildman–Crippen LogP) is 0.806. The molecule has 1 atom stereocenters. The van der Waals surface area contributed by atoms with Crippen LogP contribution in [-0.2, 0) is 6.54 Å². The Balaban J connectivity index is 2.35. The Kier molecular flexibility index (Phi) is 5.95. The molecule has 112 valence electrons. The van der Waals surface area contributed by atoms with Gasteiger partial charge in [0.1, 0.15) is 0 Å². The number of amides is 2. The van der Waals surface area contributed by atoms with Gasteiger partial charge < -0.3 is 15.3 Å². The smallest absolute Gasteiger partial charge is 0.358 e. The van der Waals surface area contributed by atoms with E-state index in [4.69, 9.17) is 5.11 Å². The fourth-order valence-corrected chi connectivity index (χ4v) is 1.72. The van der Waals surface area contributed by atoms with E-state index in [0.29, 0.717) is 13.1 Å². The van der Waals surface area contributed by atoms with Crippen LogP contribution in [0.3, 0.4) is 0 Å². The second kappa shape index (κ2) is 7.46. The van der Waals surface area contributed by atoms with E-state index in [0.717, 1.165) is 12.8 Å². The SMILES string of the molecule is CCCC(C)N(C)C(=O)NCCn1cc(C(=O)O)nn1. The summed E-state index contributed by atoms with van der Waals surface area (Å²) in [6.07, 6.45) is 3.31. The third kappa shape index (κ3) is 4.52. The normalized spacial score (nSPS) is 11.9. The third-order valence-electron chi connectivity index (χ3n) is 3.06. The number of carbonyl (C=O) groups excluding carboxylic acids is 1. The van der Waals surface area contributed by atoms with Crippen LogP contribution in [0.2, 0.25) is 0 Å². The van der Waals surface area contributed by atoms with Gasteiger partial charge >= 0.3 is 12.0 Å². The van der Waals surface area contributed by atoms with Crippen LogP contribution in [0, 0.1) is 0 Å². The standard InChI is InChI=1S/C12H21N5O3/c1-4-5-9(2)16(3)12(20)13-6-7-17-8-10(11(18)19)14-15-17/h8-9H,4-7H2,1-3H3,(H,13,20)(H,18,19). The Morgan fingerprint density at radius 1 is 1.55 bits per heavy atom. The van der Waals surface area contributed by atoms with Gasteiger partial charge in [-0.25, -0.2) is 14.3 Å². The van der Waals surface area contributed by atoms with Crippen LogP contribution in [0.15, 0.2) is 6.20 Å². The minimum Gasteiger partial charge on any atom is -0.476 e. The molecule has 0 radical (unpaired) electrons. The Hall–Kier alpha value is -2.12. The van der Waals surface area contributed by atoms with Crippen molar-refractivity contribution < 1.29 is 14.7 Å². The van der Waals surface area contributed by atoms with Crippen molar-refractivity contribution in [1.82, 2.24) is 25.2 Å². The number of hydrogen-bond donors (Lipinski definition) is 2. The van der Waals surface area contributed by atoms with Crippen molar-refractivity contribution in [2.75, 3.05) is 13.6 Å². The van der Waals surface area contributed by atoms with E-state index in [2.05, 4.69) is 22.6 Å². The minimum absolute atomic E-state index is 0.106. The van der Waals surface area contributed by atoms with Crippen LogP contribution >= 0.6 is 0 Å². The maximum atomic E-state index is 11.8. The van der Waals surface area contributed by atoms with E-state index in [1.807, 2.05) is 6.92 Å². The number of hydrogen-bond acceptors (Lipinski definition) is 4. The van der Waals surface area contributed by atoms with Gasteiger partial charge in [0.2, 0.25) is 0 Å². The van der Waals surface area contributed by atoms with Crippen LogP contribution in [0.4, 0.5) is 4.79 Å². The predicted molar refractivity (Wildman–Crippen MR) is 72.5 cm³/mol. The van der Waals surface area contributed by atoms with E-state index in [1.165, 1.54) is 10.9 Å². The summed E-state index contributed by atoms with van der Waals surface area (Å²) in [6, 6.07) is 0.0366. The molecule has 0 aliphatic carbocycles. The molecule has 1 rings (SSSR count). The van der Waals surface area contributed by atoms with Crippen molar-refractivity contribution in [3.05, 3.63) is 11.9 Å². The van der Waals surface area contributed by atoms with Crippen molar-refractivity contribution in [1.29, 1.82) is 0 Å². The molecule has 0 spiro atoms. The van der Waals surface area contributed by atoms with Crippen molar-refractivity contribution in [2.24, 2.45) is 0 Å². The zero-order chi connectivity index (χ0) is 15.1. The third-order valence-corrected chi connectivity index (χ3v) is 3.06. The van der Waals surface area contributed by atoms with Crippen molar-refractivity contribution in [2.45, 2.75) is 39.3 Å². The molecule has 2 amide bonds. The monoisotopic (exact) mass is 283 g/mol. The minimum atomic E-state index is -1.12. The molecule has 0 aliphatic heterocycles. The lowest BCUT2D eigenvalue weighted by Gasteiger charge is -2.24. The summed E-state index contributed by atoms with van der Waals surface area (Å²) >= 11 is 0. The van der Waals surface area contributed by atoms with Gasteiger partial charge in [0.05, 0.1) is 12.7 Å².